The Morgan fingerprint density at radius 3 is 2.56 bits per heavy atom. The topological polar surface area (TPSA) is 44.5 Å². The van der Waals surface area contributed by atoms with Gasteiger partial charge in [0.15, 0.2) is 11.6 Å². The maximum atomic E-state index is 13.2. The quantitative estimate of drug-likeness (QED) is 0.787. The first-order chi connectivity index (χ1) is 7.54. The predicted octanol–water partition coefficient (Wildman–Crippen LogP) is 2.84. The number of ether oxygens (including phenoxy) is 2. The smallest absolute Gasteiger partial charge is 0.167 e. The minimum absolute atomic E-state index is 0.147. The van der Waals surface area contributed by atoms with Crippen molar-refractivity contribution < 1.29 is 13.9 Å². The van der Waals surface area contributed by atoms with Crippen molar-refractivity contribution in [3.8, 4) is 11.5 Å². The Labute approximate surface area is 95.4 Å². The van der Waals surface area contributed by atoms with E-state index in [1.165, 1.54) is 19.2 Å². The second-order valence-corrected chi connectivity index (χ2v) is 4.06. The van der Waals surface area contributed by atoms with Crippen LogP contribution in [0.3, 0.4) is 0 Å². The number of nitrogens with two attached hydrogens (primary N) is 1. The van der Waals surface area contributed by atoms with E-state index in [9.17, 15) is 4.39 Å². The van der Waals surface area contributed by atoms with Crippen LogP contribution in [0.2, 0.25) is 0 Å². The summed E-state index contributed by atoms with van der Waals surface area (Å²) in [7, 11) is 1.41. The Kier molecular flexibility index (Phi) is 4.40. The minimum Gasteiger partial charge on any atom is -0.494 e. The van der Waals surface area contributed by atoms with Crippen LogP contribution in [0.5, 0.6) is 11.5 Å². The van der Waals surface area contributed by atoms with Crippen LogP contribution in [0.1, 0.15) is 20.3 Å². The van der Waals surface area contributed by atoms with E-state index in [1.54, 1.807) is 0 Å². The first-order valence-electron chi connectivity index (χ1n) is 5.30. The lowest BCUT2D eigenvalue weighted by atomic mass is 10.1. The molecule has 0 unspecified atom stereocenters. The van der Waals surface area contributed by atoms with Gasteiger partial charge in [-0.3, -0.25) is 0 Å². The molecule has 2 N–H and O–H groups in total. The number of methoxy groups -OCH3 is 1. The van der Waals surface area contributed by atoms with Crippen LogP contribution in [0, 0.1) is 11.7 Å². The summed E-state index contributed by atoms with van der Waals surface area (Å²) in [5.41, 5.74) is 5.93. The van der Waals surface area contributed by atoms with Crippen LogP contribution in [0.25, 0.3) is 0 Å². The Balaban J connectivity index is 2.72. The van der Waals surface area contributed by atoms with E-state index in [0.717, 1.165) is 6.42 Å². The van der Waals surface area contributed by atoms with Gasteiger partial charge in [0.1, 0.15) is 5.75 Å². The molecule has 0 aliphatic heterocycles. The Morgan fingerprint density at radius 2 is 2.00 bits per heavy atom. The highest BCUT2D eigenvalue weighted by molar-refractivity contribution is 5.56. The third kappa shape index (κ3) is 3.29. The molecule has 16 heavy (non-hydrogen) atoms. The number of hydrogen-bond acceptors (Lipinski definition) is 3. The molecule has 0 aliphatic carbocycles. The third-order valence-corrected chi connectivity index (χ3v) is 2.24. The number of nitrogen functional groups attached to an aromatic ring is 1. The van der Waals surface area contributed by atoms with E-state index < -0.39 is 5.82 Å². The van der Waals surface area contributed by atoms with Gasteiger partial charge in [0, 0.05) is 12.1 Å². The van der Waals surface area contributed by atoms with Gasteiger partial charge < -0.3 is 15.2 Å². The first kappa shape index (κ1) is 12.6. The highest BCUT2D eigenvalue weighted by Gasteiger charge is 2.09. The zero-order valence-corrected chi connectivity index (χ0v) is 9.92. The first-order valence-corrected chi connectivity index (χ1v) is 5.30. The third-order valence-electron chi connectivity index (χ3n) is 2.24. The summed E-state index contributed by atoms with van der Waals surface area (Å²) >= 11 is 0. The molecule has 0 saturated carbocycles. The number of rotatable bonds is 5. The van der Waals surface area contributed by atoms with Crippen LogP contribution in [-0.4, -0.2) is 13.7 Å². The van der Waals surface area contributed by atoms with Crippen molar-refractivity contribution in [2.75, 3.05) is 19.5 Å². The normalized spacial score (nSPS) is 10.6. The van der Waals surface area contributed by atoms with E-state index in [1.807, 2.05) is 0 Å². The molecular formula is C12H18FNO2. The average molecular weight is 227 g/mol. The van der Waals surface area contributed by atoms with E-state index in [4.69, 9.17) is 15.2 Å². The summed E-state index contributed by atoms with van der Waals surface area (Å²) in [6.45, 7) is 4.78. The van der Waals surface area contributed by atoms with Crippen LogP contribution in [0.15, 0.2) is 12.1 Å². The molecule has 0 fully saturated rings. The molecule has 0 aromatic heterocycles. The van der Waals surface area contributed by atoms with Crippen molar-refractivity contribution in [2.45, 2.75) is 20.3 Å². The molecule has 0 radical (unpaired) electrons. The Bertz CT molecular complexity index is 353. The zero-order chi connectivity index (χ0) is 12.1. The van der Waals surface area contributed by atoms with Crippen molar-refractivity contribution in [1.82, 2.24) is 0 Å². The van der Waals surface area contributed by atoms with Crippen LogP contribution in [0.4, 0.5) is 10.1 Å². The molecule has 0 aliphatic rings. The van der Waals surface area contributed by atoms with Gasteiger partial charge >= 0.3 is 0 Å². The molecule has 4 heteroatoms. The van der Waals surface area contributed by atoms with Crippen LogP contribution >= 0.6 is 0 Å². The monoisotopic (exact) mass is 227 g/mol. The summed E-state index contributed by atoms with van der Waals surface area (Å²) in [4.78, 5) is 0. The Hall–Kier alpha value is -1.45. The summed E-state index contributed by atoms with van der Waals surface area (Å²) in [6.07, 6.45) is 0.930. The standard InChI is InChI=1S/C12H18FNO2/c1-8(2)4-5-16-12-7-11(15-3)9(13)6-10(12)14/h6-8H,4-5,14H2,1-3H3. The molecule has 1 aromatic carbocycles. The number of benzene rings is 1. The minimum atomic E-state index is -0.476. The van der Waals surface area contributed by atoms with Gasteiger partial charge in [-0.05, 0) is 12.3 Å². The fraction of sp³-hybridized carbons (Fsp3) is 0.500. The van der Waals surface area contributed by atoms with Gasteiger partial charge in [0.2, 0.25) is 0 Å². The molecule has 90 valence electrons. The highest BCUT2D eigenvalue weighted by Crippen LogP contribution is 2.30. The molecule has 1 aromatic rings. The molecule has 1 rings (SSSR count). The highest BCUT2D eigenvalue weighted by atomic mass is 19.1. The van der Waals surface area contributed by atoms with Gasteiger partial charge in [-0.2, -0.15) is 0 Å². The van der Waals surface area contributed by atoms with Gasteiger partial charge in [-0.25, -0.2) is 4.39 Å². The predicted molar refractivity (Wildman–Crippen MR) is 62.3 cm³/mol. The molecule has 0 saturated heterocycles. The lowest BCUT2D eigenvalue weighted by Crippen LogP contribution is -2.04. The van der Waals surface area contributed by atoms with E-state index >= 15 is 0 Å². The second-order valence-electron chi connectivity index (χ2n) is 4.06. The molecule has 0 bridgehead atoms. The summed E-state index contributed by atoms with van der Waals surface area (Å²) in [6, 6.07) is 2.69. The van der Waals surface area contributed by atoms with Crippen LogP contribution < -0.4 is 15.2 Å². The molecule has 0 spiro atoms. The fourth-order valence-electron chi connectivity index (χ4n) is 1.24. The number of halogens is 1. The van der Waals surface area contributed by atoms with Crippen molar-refractivity contribution >= 4 is 5.69 Å². The van der Waals surface area contributed by atoms with E-state index in [0.29, 0.717) is 24.0 Å². The van der Waals surface area contributed by atoms with Crippen molar-refractivity contribution in [2.24, 2.45) is 5.92 Å². The maximum Gasteiger partial charge on any atom is 0.167 e. The van der Waals surface area contributed by atoms with E-state index in [-0.39, 0.29) is 5.75 Å². The lowest BCUT2D eigenvalue weighted by Gasteiger charge is -2.12. The zero-order valence-electron chi connectivity index (χ0n) is 9.92. The Morgan fingerprint density at radius 1 is 1.31 bits per heavy atom. The average Bonchev–Trinajstić information content (AvgIpc) is 2.20. The fourth-order valence-corrected chi connectivity index (χ4v) is 1.24. The van der Waals surface area contributed by atoms with Crippen LogP contribution in [-0.2, 0) is 0 Å². The van der Waals surface area contributed by atoms with Gasteiger partial charge in [-0.1, -0.05) is 13.8 Å². The molecular weight excluding hydrogens is 209 g/mol. The molecule has 0 amide bonds. The summed E-state index contributed by atoms with van der Waals surface area (Å²) in [5, 5.41) is 0. The van der Waals surface area contributed by atoms with Gasteiger partial charge in [0.05, 0.1) is 19.4 Å². The molecule has 0 atom stereocenters. The number of hydrogen-bond donors (Lipinski definition) is 1. The summed E-state index contributed by atoms with van der Waals surface area (Å²) in [5.74, 6) is 0.701. The maximum absolute atomic E-state index is 13.2. The van der Waals surface area contributed by atoms with Crippen molar-refractivity contribution in [3.63, 3.8) is 0 Å². The SMILES string of the molecule is COc1cc(OCCC(C)C)c(N)cc1F. The van der Waals surface area contributed by atoms with Crippen molar-refractivity contribution in [3.05, 3.63) is 17.9 Å². The van der Waals surface area contributed by atoms with Gasteiger partial charge in [0.25, 0.3) is 0 Å². The summed E-state index contributed by atoms with van der Waals surface area (Å²) < 4.78 is 23.6. The lowest BCUT2D eigenvalue weighted by molar-refractivity contribution is 0.288. The second kappa shape index (κ2) is 5.58. The van der Waals surface area contributed by atoms with Gasteiger partial charge in [-0.15, -0.1) is 0 Å². The largest absolute Gasteiger partial charge is 0.494 e. The molecule has 3 nitrogen and oxygen atoms in total. The number of anilines is 1. The molecule has 0 heterocycles. The van der Waals surface area contributed by atoms with E-state index in [2.05, 4.69) is 13.8 Å². The van der Waals surface area contributed by atoms with Crippen molar-refractivity contribution in [1.29, 1.82) is 0 Å².